The van der Waals surface area contributed by atoms with Crippen LogP contribution < -0.4 is 4.74 Å². The van der Waals surface area contributed by atoms with Gasteiger partial charge in [-0.1, -0.05) is 11.6 Å². The molecule has 0 saturated heterocycles. The lowest BCUT2D eigenvalue weighted by molar-refractivity contribution is -0.136. The Morgan fingerprint density at radius 1 is 1.50 bits per heavy atom. The van der Waals surface area contributed by atoms with Crippen LogP contribution in [0.25, 0.3) is 0 Å². The molecule has 0 aliphatic rings. The number of alkyl halides is 2. The number of benzene rings is 1. The normalized spacial score (nSPS) is 10.6. The Hall–Kier alpha value is -1.43. The third-order valence-corrected chi connectivity index (χ3v) is 2.11. The second-order valence-corrected chi connectivity index (χ2v) is 3.17. The molecular weight excluding hydrogens is 249 g/mol. The fourth-order valence-electron chi connectivity index (χ4n) is 1.08. The molecule has 1 N–H and O–H groups in total. The summed E-state index contributed by atoms with van der Waals surface area (Å²) in [5, 5.41) is 8.02. The molecule has 0 aliphatic heterocycles. The van der Waals surface area contributed by atoms with Gasteiger partial charge in [0.1, 0.15) is 11.6 Å². The summed E-state index contributed by atoms with van der Waals surface area (Å²) in [6, 6.07) is 1.73. The van der Waals surface area contributed by atoms with Crippen LogP contribution >= 0.6 is 11.6 Å². The van der Waals surface area contributed by atoms with Gasteiger partial charge in [0.2, 0.25) is 0 Å². The average molecular weight is 255 g/mol. The van der Waals surface area contributed by atoms with Crippen molar-refractivity contribution >= 4 is 17.6 Å². The monoisotopic (exact) mass is 254 g/mol. The Morgan fingerprint density at radius 2 is 2.12 bits per heavy atom. The highest BCUT2D eigenvalue weighted by Crippen LogP contribution is 2.31. The van der Waals surface area contributed by atoms with Gasteiger partial charge in [0, 0.05) is 5.56 Å². The zero-order valence-electron chi connectivity index (χ0n) is 7.71. The van der Waals surface area contributed by atoms with Crippen molar-refractivity contribution in [3.63, 3.8) is 0 Å². The van der Waals surface area contributed by atoms with E-state index in [1.54, 1.807) is 0 Å². The van der Waals surface area contributed by atoms with Crippen LogP contribution in [0, 0.1) is 5.82 Å². The number of halogens is 4. The predicted octanol–water partition coefficient (Wildman–Crippen LogP) is 2.71. The molecule has 0 aliphatic carbocycles. The van der Waals surface area contributed by atoms with Crippen LogP contribution in [0.15, 0.2) is 12.1 Å². The van der Waals surface area contributed by atoms with Crippen molar-refractivity contribution in [2.45, 2.75) is 13.0 Å². The van der Waals surface area contributed by atoms with E-state index in [4.69, 9.17) is 16.7 Å². The molecule has 1 rings (SSSR count). The fourth-order valence-corrected chi connectivity index (χ4v) is 1.34. The van der Waals surface area contributed by atoms with E-state index in [9.17, 15) is 18.0 Å². The molecule has 0 saturated carbocycles. The fraction of sp³-hybridized carbons (Fsp3) is 0.222. The van der Waals surface area contributed by atoms with Gasteiger partial charge in [-0.2, -0.15) is 8.78 Å². The highest BCUT2D eigenvalue weighted by Gasteiger charge is 2.17. The first-order valence-corrected chi connectivity index (χ1v) is 4.43. The van der Waals surface area contributed by atoms with Gasteiger partial charge in [0.05, 0.1) is 11.4 Å². The molecule has 0 unspecified atom stereocenters. The van der Waals surface area contributed by atoms with Gasteiger partial charge in [-0.15, -0.1) is 0 Å². The van der Waals surface area contributed by atoms with E-state index in [1.165, 1.54) is 0 Å². The van der Waals surface area contributed by atoms with Crippen molar-refractivity contribution in [3.05, 3.63) is 28.5 Å². The number of hydrogen-bond acceptors (Lipinski definition) is 2. The van der Waals surface area contributed by atoms with Crippen molar-refractivity contribution in [2.75, 3.05) is 0 Å². The number of ether oxygens (including phenoxy) is 1. The standard InChI is InChI=1S/C9H6ClF3O3/c10-8-4(3-7(14)15)5(11)1-2-6(8)16-9(12)13/h1-2,9H,3H2,(H,14,15). The molecule has 7 heteroatoms. The molecule has 0 heterocycles. The molecule has 0 spiro atoms. The summed E-state index contributed by atoms with van der Waals surface area (Å²) in [6.07, 6.45) is -0.703. The Bertz CT molecular complexity index is 409. The minimum Gasteiger partial charge on any atom is -0.481 e. The van der Waals surface area contributed by atoms with Gasteiger partial charge in [-0.3, -0.25) is 4.79 Å². The summed E-state index contributed by atoms with van der Waals surface area (Å²) in [7, 11) is 0. The molecule has 0 fully saturated rings. The minimum absolute atomic E-state index is 0.382. The van der Waals surface area contributed by atoms with Gasteiger partial charge in [-0.25, -0.2) is 4.39 Å². The van der Waals surface area contributed by atoms with Crippen LogP contribution in [0.4, 0.5) is 13.2 Å². The van der Waals surface area contributed by atoms with Gasteiger partial charge in [0.25, 0.3) is 0 Å². The number of carboxylic acids is 1. The van der Waals surface area contributed by atoms with Crippen LogP contribution in [-0.2, 0) is 11.2 Å². The van der Waals surface area contributed by atoms with Gasteiger partial charge >= 0.3 is 12.6 Å². The van der Waals surface area contributed by atoms with E-state index in [0.29, 0.717) is 0 Å². The number of aliphatic carboxylic acids is 1. The highest BCUT2D eigenvalue weighted by atomic mass is 35.5. The van der Waals surface area contributed by atoms with Gasteiger partial charge in [-0.05, 0) is 12.1 Å². The van der Waals surface area contributed by atoms with Crippen molar-refractivity contribution in [3.8, 4) is 5.75 Å². The lowest BCUT2D eigenvalue weighted by atomic mass is 10.1. The van der Waals surface area contributed by atoms with E-state index in [-0.39, 0.29) is 5.56 Å². The maximum Gasteiger partial charge on any atom is 0.387 e. The molecule has 1 aromatic rings. The Labute approximate surface area is 93.4 Å². The molecule has 0 radical (unpaired) electrons. The van der Waals surface area contributed by atoms with Crippen molar-refractivity contribution in [2.24, 2.45) is 0 Å². The number of rotatable bonds is 4. The molecule has 0 aromatic heterocycles. The average Bonchev–Trinajstić information content (AvgIpc) is 2.16. The summed E-state index contributed by atoms with van der Waals surface area (Å²) in [5.74, 6) is -2.65. The Morgan fingerprint density at radius 3 is 2.62 bits per heavy atom. The molecular formula is C9H6ClF3O3. The molecule has 1 aromatic carbocycles. The van der Waals surface area contributed by atoms with Crippen LogP contribution in [0.2, 0.25) is 5.02 Å². The summed E-state index contributed by atoms with van der Waals surface area (Å²) in [6.45, 7) is -3.11. The molecule has 0 bridgehead atoms. The van der Waals surface area contributed by atoms with Crippen molar-refractivity contribution in [1.29, 1.82) is 0 Å². The SMILES string of the molecule is O=C(O)Cc1c(F)ccc(OC(F)F)c1Cl. The van der Waals surface area contributed by atoms with Crippen LogP contribution in [0.1, 0.15) is 5.56 Å². The third-order valence-electron chi connectivity index (χ3n) is 1.69. The summed E-state index contributed by atoms with van der Waals surface area (Å²) >= 11 is 5.54. The maximum atomic E-state index is 13.1. The lowest BCUT2D eigenvalue weighted by Gasteiger charge is -2.10. The van der Waals surface area contributed by atoms with Crippen LogP contribution in [0.5, 0.6) is 5.75 Å². The molecule has 0 atom stereocenters. The smallest absolute Gasteiger partial charge is 0.387 e. The van der Waals surface area contributed by atoms with Crippen LogP contribution in [-0.4, -0.2) is 17.7 Å². The summed E-state index contributed by atoms with van der Waals surface area (Å²) in [5.41, 5.74) is -0.382. The Kier molecular flexibility index (Phi) is 4.00. The predicted molar refractivity (Wildman–Crippen MR) is 49.4 cm³/mol. The summed E-state index contributed by atoms with van der Waals surface area (Å²) < 4.78 is 40.9. The molecule has 16 heavy (non-hydrogen) atoms. The topological polar surface area (TPSA) is 46.5 Å². The molecule has 0 amide bonds. The zero-order chi connectivity index (χ0) is 12.3. The first-order chi connectivity index (χ1) is 7.41. The van der Waals surface area contributed by atoms with E-state index in [2.05, 4.69) is 4.74 Å². The molecule has 88 valence electrons. The third kappa shape index (κ3) is 3.03. The van der Waals surface area contributed by atoms with Crippen LogP contribution in [0.3, 0.4) is 0 Å². The largest absolute Gasteiger partial charge is 0.481 e. The second kappa shape index (κ2) is 5.07. The van der Waals surface area contributed by atoms with E-state index >= 15 is 0 Å². The minimum atomic E-state index is -3.11. The molecule has 3 nitrogen and oxygen atoms in total. The highest BCUT2D eigenvalue weighted by molar-refractivity contribution is 6.33. The second-order valence-electron chi connectivity index (χ2n) is 2.79. The van der Waals surface area contributed by atoms with E-state index in [0.717, 1.165) is 12.1 Å². The maximum absolute atomic E-state index is 13.1. The number of carboxylic acid groups (broad SMARTS) is 1. The Balaban J connectivity index is 3.10. The van der Waals surface area contributed by atoms with E-state index < -0.39 is 35.6 Å². The number of carbonyl (C=O) groups is 1. The van der Waals surface area contributed by atoms with Crippen molar-refractivity contribution < 1.29 is 27.8 Å². The quantitative estimate of drug-likeness (QED) is 0.899. The lowest BCUT2D eigenvalue weighted by Crippen LogP contribution is -2.07. The van der Waals surface area contributed by atoms with E-state index in [1.807, 2.05) is 0 Å². The van der Waals surface area contributed by atoms with Gasteiger partial charge in [0.15, 0.2) is 0 Å². The van der Waals surface area contributed by atoms with Crippen molar-refractivity contribution in [1.82, 2.24) is 0 Å². The summed E-state index contributed by atoms with van der Waals surface area (Å²) in [4.78, 5) is 10.4. The zero-order valence-corrected chi connectivity index (χ0v) is 8.47. The first-order valence-electron chi connectivity index (χ1n) is 4.05. The first kappa shape index (κ1) is 12.6. The number of hydrogen-bond donors (Lipinski definition) is 1. The van der Waals surface area contributed by atoms with Gasteiger partial charge < -0.3 is 9.84 Å².